The minimum Gasteiger partial charge on any atom is -0.294 e. The van der Waals surface area contributed by atoms with Gasteiger partial charge in [0.25, 0.3) is 0 Å². The van der Waals surface area contributed by atoms with Crippen molar-refractivity contribution in [2.45, 2.75) is 0 Å². The van der Waals surface area contributed by atoms with Crippen molar-refractivity contribution < 1.29 is 0 Å². The van der Waals surface area contributed by atoms with Crippen LogP contribution in [-0.4, -0.2) is 4.68 Å². The standard InChI is InChI=1S/C11H8ClN3/c12-10-4-3-9(8-13)11(7-10)14-15-5-1-2-6-15/h1-7,14H. The number of hydrogen-bond acceptors (Lipinski definition) is 2. The summed E-state index contributed by atoms with van der Waals surface area (Å²) < 4.78 is 1.76. The highest BCUT2D eigenvalue weighted by molar-refractivity contribution is 6.30. The van der Waals surface area contributed by atoms with Gasteiger partial charge in [-0.15, -0.1) is 0 Å². The lowest BCUT2D eigenvalue weighted by atomic mass is 10.2. The van der Waals surface area contributed by atoms with E-state index in [1.54, 1.807) is 22.9 Å². The van der Waals surface area contributed by atoms with E-state index < -0.39 is 0 Å². The van der Waals surface area contributed by atoms with E-state index in [9.17, 15) is 0 Å². The summed E-state index contributed by atoms with van der Waals surface area (Å²) in [5.74, 6) is 0. The van der Waals surface area contributed by atoms with Gasteiger partial charge < -0.3 is 0 Å². The predicted octanol–water partition coefficient (Wildman–Crippen LogP) is 2.89. The lowest BCUT2D eigenvalue weighted by Crippen LogP contribution is -2.06. The van der Waals surface area contributed by atoms with Crippen LogP contribution in [0.15, 0.2) is 42.7 Å². The first-order chi connectivity index (χ1) is 7.29. The van der Waals surface area contributed by atoms with Crippen LogP contribution >= 0.6 is 11.6 Å². The molecule has 0 fully saturated rings. The van der Waals surface area contributed by atoms with Gasteiger partial charge in [0.15, 0.2) is 0 Å². The van der Waals surface area contributed by atoms with Crippen molar-refractivity contribution in [3.63, 3.8) is 0 Å². The number of anilines is 1. The number of nitrogens with one attached hydrogen (secondary N) is 1. The number of hydrogen-bond donors (Lipinski definition) is 1. The Morgan fingerprint density at radius 2 is 2.00 bits per heavy atom. The van der Waals surface area contributed by atoms with Crippen LogP contribution in [0.25, 0.3) is 0 Å². The molecule has 15 heavy (non-hydrogen) atoms. The molecule has 2 rings (SSSR count). The van der Waals surface area contributed by atoms with E-state index in [0.717, 1.165) is 0 Å². The third kappa shape index (κ3) is 2.12. The topological polar surface area (TPSA) is 40.8 Å². The van der Waals surface area contributed by atoms with Gasteiger partial charge in [0.2, 0.25) is 0 Å². The minimum absolute atomic E-state index is 0.563. The summed E-state index contributed by atoms with van der Waals surface area (Å²) >= 11 is 5.86. The van der Waals surface area contributed by atoms with Crippen LogP contribution in [0.2, 0.25) is 5.02 Å². The van der Waals surface area contributed by atoms with Crippen LogP contribution < -0.4 is 5.43 Å². The van der Waals surface area contributed by atoms with Gasteiger partial charge in [0.05, 0.1) is 11.3 Å². The molecule has 3 nitrogen and oxygen atoms in total. The molecule has 1 N–H and O–H groups in total. The first-order valence-electron chi connectivity index (χ1n) is 4.39. The smallest absolute Gasteiger partial charge is 0.101 e. The lowest BCUT2D eigenvalue weighted by molar-refractivity contribution is 0.969. The monoisotopic (exact) mass is 217 g/mol. The summed E-state index contributed by atoms with van der Waals surface area (Å²) in [6.07, 6.45) is 3.70. The maximum Gasteiger partial charge on any atom is 0.101 e. The highest BCUT2D eigenvalue weighted by atomic mass is 35.5. The Bertz CT molecular complexity index is 497. The Labute approximate surface area is 92.5 Å². The van der Waals surface area contributed by atoms with E-state index in [-0.39, 0.29) is 0 Å². The van der Waals surface area contributed by atoms with Crippen LogP contribution in [0.3, 0.4) is 0 Å². The molecule has 0 aliphatic rings. The van der Waals surface area contributed by atoms with E-state index in [2.05, 4.69) is 11.5 Å². The molecule has 1 aromatic heterocycles. The highest BCUT2D eigenvalue weighted by Crippen LogP contribution is 2.20. The largest absolute Gasteiger partial charge is 0.294 e. The first-order valence-corrected chi connectivity index (χ1v) is 4.77. The number of halogens is 1. The number of rotatable bonds is 2. The van der Waals surface area contributed by atoms with Gasteiger partial charge >= 0.3 is 0 Å². The fraction of sp³-hybridized carbons (Fsp3) is 0. The summed E-state index contributed by atoms with van der Waals surface area (Å²) in [7, 11) is 0. The second-order valence-electron chi connectivity index (χ2n) is 3.00. The van der Waals surface area contributed by atoms with Gasteiger partial charge in [-0.1, -0.05) is 11.6 Å². The van der Waals surface area contributed by atoms with Gasteiger partial charge in [-0.05, 0) is 30.3 Å². The van der Waals surface area contributed by atoms with Gasteiger partial charge in [-0.25, -0.2) is 0 Å². The third-order valence-corrected chi connectivity index (χ3v) is 2.19. The summed E-state index contributed by atoms with van der Waals surface area (Å²) in [6, 6.07) is 11.0. The number of aromatic nitrogens is 1. The Morgan fingerprint density at radius 3 is 2.67 bits per heavy atom. The van der Waals surface area contributed by atoms with Crippen molar-refractivity contribution in [3.8, 4) is 6.07 Å². The van der Waals surface area contributed by atoms with E-state index in [4.69, 9.17) is 16.9 Å². The highest BCUT2D eigenvalue weighted by Gasteiger charge is 2.02. The number of nitrogens with zero attached hydrogens (tertiary/aromatic N) is 2. The predicted molar refractivity (Wildman–Crippen MR) is 59.6 cm³/mol. The van der Waals surface area contributed by atoms with E-state index in [0.29, 0.717) is 16.3 Å². The average molecular weight is 218 g/mol. The van der Waals surface area contributed by atoms with Crippen LogP contribution in [-0.2, 0) is 0 Å². The number of benzene rings is 1. The molecule has 2 aromatic rings. The minimum atomic E-state index is 0.563. The zero-order valence-electron chi connectivity index (χ0n) is 7.81. The van der Waals surface area contributed by atoms with E-state index in [1.165, 1.54) is 0 Å². The maximum absolute atomic E-state index is 8.90. The molecule has 0 unspecified atom stereocenters. The summed E-state index contributed by atoms with van der Waals surface area (Å²) in [6.45, 7) is 0. The van der Waals surface area contributed by atoms with E-state index in [1.807, 2.05) is 24.5 Å². The van der Waals surface area contributed by atoms with Gasteiger partial charge in [-0.2, -0.15) is 5.26 Å². The molecule has 0 saturated carbocycles. The zero-order chi connectivity index (χ0) is 10.7. The molecule has 0 aliphatic carbocycles. The van der Waals surface area contributed by atoms with Gasteiger partial charge in [0.1, 0.15) is 6.07 Å². The van der Waals surface area contributed by atoms with Crippen molar-refractivity contribution >= 4 is 17.3 Å². The van der Waals surface area contributed by atoms with Crippen LogP contribution in [0.5, 0.6) is 0 Å². The molecule has 1 heterocycles. The Balaban J connectivity index is 2.35. The van der Waals surface area contributed by atoms with Crippen LogP contribution in [0, 0.1) is 11.3 Å². The number of nitriles is 1. The molecule has 4 heteroatoms. The average Bonchev–Trinajstić information content (AvgIpc) is 2.71. The SMILES string of the molecule is N#Cc1ccc(Cl)cc1Nn1cccc1. The quantitative estimate of drug-likeness (QED) is 0.841. The maximum atomic E-state index is 8.90. The Hall–Kier alpha value is -1.92. The van der Waals surface area contributed by atoms with Gasteiger partial charge in [0, 0.05) is 17.4 Å². The molecule has 0 amide bonds. The van der Waals surface area contributed by atoms with Crippen molar-refractivity contribution in [2.75, 3.05) is 5.43 Å². The normalized spacial score (nSPS) is 9.60. The molecule has 0 bridgehead atoms. The molecule has 0 aliphatic heterocycles. The van der Waals surface area contributed by atoms with Crippen LogP contribution in [0.1, 0.15) is 5.56 Å². The van der Waals surface area contributed by atoms with Gasteiger partial charge in [-0.3, -0.25) is 10.1 Å². The first kappa shape index (κ1) is 9.63. The molecular formula is C11H8ClN3. The molecule has 0 saturated heterocycles. The molecule has 0 atom stereocenters. The second kappa shape index (κ2) is 4.07. The van der Waals surface area contributed by atoms with Crippen molar-refractivity contribution in [3.05, 3.63) is 53.3 Å². The molecule has 0 radical (unpaired) electrons. The second-order valence-corrected chi connectivity index (χ2v) is 3.44. The lowest BCUT2D eigenvalue weighted by Gasteiger charge is -2.09. The Morgan fingerprint density at radius 1 is 1.27 bits per heavy atom. The van der Waals surface area contributed by atoms with Crippen molar-refractivity contribution in [1.82, 2.24) is 4.68 Å². The zero-order valence-corrected chi connectivity index (χ0v) is 8.57. The molecule has 0 spiro atoms. The molecular weight excluding hydrogens is 210 g/mol. The molecule has 74 valence electrons. The summed E-state index contributed by atoms with van der Waals surface area (Å²) in [4.78, 5) is 0. The van der Waals surface area contributed by atoms with Crippen molar-refractivity contribution in [2.24, 2.45) is 0 Å². The van der Waals surface area contributed by atoms with Crippen molar-refractivity contribution in [1.29, 1.82) is 5.26 Å². The summed E-state index contributed by atoms with van der Waals surface area (Å²) in [5, 5.41) is 9.50. The third-order valence-electron chi connectivity index (χ3n) is 1.96. The summed E-state index contributed by atoms with van der Waals surface area (Å²) in [5.41, 5.74) is 4.31. The Kier molecular flexibility index (Phi) is 2.61. The fourth-order valence-electron chi connectivity index (χ4n) is 1.25. The van der Waals surface area contributed by atoms with Crippen LogP contribution in [0.4, 0.5) is 5.69 Å². The van der Waals surface area contributed by atoms with E-state index >= 15 is 0 Å². The fourth-order valence-corrected chi connectivity index (χ4v) is 1.43. The molecule has 1 aromatic carbocycles.